The molecule has 0 spiro atoms. The molecule has 0 aromatic carbocycles. The number of likely N-dealkylation sites (tertiary alicyclic amines) is 1. The largest absolute Gasteiger partial charge is 0.444 e. The lowest BCUT2D eigenvalue weighted by Crippen LogP contribution is -2.44. The molecular formula is C16H30IN5O. The first-order valence-electron chi connectivity index (χ1n) is 8.22. The van der Waals surface area contributed by atoms with Crippen LogP contribution in [0.25, 0.3) is 0 Å². The van der Waals surface area contributed by atoms with Crippen molar-refractivity contribution >= 4 is 29.9 Å². The maximum Gasteiger partial charge on any atom is 0.214 e. The molecule has 2 heterocycles. The number of aryl methyl sites for hydroxylation is 2. The number of halogens is 1. The molecule has 1 aliphatic heterocycles. The van der Waals surface area contributed by atoms with Crippen LogP contribution >= 0.6 is 24.0 Å². The van der Waals surface area contributed by atoms with Gasteiger partial charge in [-0.25, -0.2) is 4.98 Å². The summed E-state index contributed by atoms with van der Waals surface area (Å²) in [6.07, 6.45) is 2.58. The zero-order chi connectivity index (χ0) is 15.9. The van der Waals surface area contributed by atoms with Crippen LogP contribution in [0.3, 0.4) is 0 Å². The van der Waals surface area contributed by atoms with E-state index in [9.17, 15) is 0 Å². The van der Waals surface area contributed by atoms with Gasteiger partial charge in [0.05, 0.1) is 12.2 Å². The van der Waals surface area contributed by atoms with E-state index in [4.69, 9.17) is 4.42 Å². The Morgan fingerprint density at radius 2 is 2.17 bits per heavy atom. The van der Waals surface area contributed by atoms with E-state index >= 15 is 0 Å². The zero-order valence-corrected chi connectivity index (χ0v) is 17.0. The third-order valence-electron chi connectivity index (χ3n) is 4.31. The fraction of sp³-hybridized carbons (Fsp3) is 0.750. The Bertz CT molecular complexity index is 483. The van der Waals surface area contributed by atoms with Crippen molar-refractivity contribution in [2.75, 3.05) is 33.2 Å². The zero-order valence-electron chi connectivity index (χ0n) is 14.7. The minimum absolute atomic E-state index is 0. The molecule has 0 saturated carbocycles. The van der Waals surface area contributed by atoms with E-state index in [1.54, 1.807) is 7.05 Å². The second-order valence-electron chi connectivity index (χ2n) is 5.96. The van der Waals surface area contributed by atoms with Crippen LogP contribution in [-0.2, 0) is 6.54 Å². The molecule has 6 nitrogen and oxygen atoms in total. The smallest absolute Gasteiger partial charge is 0.214 e. The average Bonchev–Trinajstić information content (AvgIpc) is 2.86. The number of hydrogen-bond acceptors (Lipinski definition) is 4. The predicted octanol–water partition coefficient (Wildman–Crippen LogP) is 2.31. The molecule has 23 heavy (non-hydrogen) atoms. The van der Waals surface area contributed by atoms with E-state index in [1.165, 1.54) is 25.9 Å². The Balaban J connectivity index is 0.00000264. The summed E-state index contributed by atoms with van der Waals surface area (Å²) < 4.78 is 5.57. The molecule has 1 aromatic rings. The molecule has 1 unspecified atom stereocenters. The molecule has 0 radical (unpaired) electrons. The van der Waals surface area contributed by atoms with Crippen LogP contribution in [0.15, 0.2) is 9.41 Å². The number of guanidine groups is 1. The number of piperidine rings is 1. The van der Waals surface area contributed by atoms with Crippen molar-refractivity contribution in [1.82, 2.24) is 20.5 Å². The van der Waals surface area contributed by atoms with Gasteiger partial charge in [-0.15, -0.1) is 24.0 Å². The summed E-state index contributed by atoms with van der Waals surface area (Å²) >= 11 is 0. The maximum atomic E-state index is 5.57. The van der Waals surface area contributed by atoms with E-state index in [-0.39, 0.29) is 24.0 Å². The highest BCUT2D eigenvalue weighted by Crippen LogP contribution is 2.15. The number of nitrogens with one attached hydrogen (secondary N) is 2. The summed E-state index contributed by atoms with van der Waals surface area (Å²) in [6, 6.07) is 0. The van der Waals surface area contributed by atoms with E-state index in [2.05, 4.69) is 32.4 Å². The molecule has 1 saturated heterocycles. The number of hydrogen-bond donors (Lipinski definition) is 2. The number of rotatable bonds is 5. The van der Waals surface area contributed by atoms with Crippen molar-refractivity contribution in [3.05, 3.63) is 17.3 Å². The highest BCUT2D eigenvalue weighted by molar-refractivity contribution is 14.0. The van der Waals surface area contributed by atoms with Crippen molar-refractivity contribution in [3.63, 3.8) is 0 Å². The van der Waals surface area contributed by atoms with Gasteiger partial charge in [-0.1, -0.05) is 6.92 Å². The van der Waals surface area contributed by atoms with Gasteiger partial charge >= 0.3 is 0 Å². The van der Waals surface area contributed by atoms with E-state index in [1.807, 2.05) is 13.8 Å². The molecule has 0 amide bonds. The van der Waals surface area contributed by atoms with Crippen LogP contribution in [0, 0.1) is 19.8 Å². The number of nitrogens with zero attached hydrogens (tertiary/aromatic N) is 3. The average molecular weight is 435 g/mol. The van der Waals surface area contributed by atoms with Crippen molar-refractivity contribution in [1.29, 1.82) is 0 Å². The lowest BCUT2D eigenvalue weighted by atomic mass is 9.98. The highest BCUT2D eigenvalue weighted by Gasteiger charge is 2.18. The molecule has 0 aliphatic carbocycles. The van der Waals surface area contributed by atoms with Gasteiger partial charge in [0.2, 0.25) is 5.89 Å². The van der Waals surface area contributed by atoms with E-state index in [0.717, 1.165) is 30.5 Å². The normalized spacial score (nSPS) is 19.3. The summed E-state index contributed by atoms with van der Waals surface area (Å²) in [5, 5.41) is 6.68. The summed E-state index contributed by atoms with van der Waals surface area (Å²) in [7, 11) is 1.79. The Labute approximate surface area is 156 Å². The van der Waals surface area contributed by atoms with E-state index < -0.39 is 0 Å². The molecule has 7 heteroatoms. The van der Waals surface area contributed by atoms with Gasteiger partial charge in [-0.05, 0) is 45.7 Å². The van der Waals surface area contributed by atoms with E-state index in [0.29, 0.717) is 18.4 Å². The summed E-state index contributed by atoms with van der Waals surface area (Å²) in [4.78, 5) is 11.2. The molecule has 2 N–H and O–H groups in total. The molecule has 1 aromatic heterocycles. The van der Waals surface area contributed by atoms with Gasteiger partial charge in [-0.3, -0.25) is 4.99 Å². The molecule has 132 valence electrons. The van der Waals surface area contributed by atoms with Crippen LogP contribution in [-0.4, -0.2) is 49.1 Å². The Kier molecular flexibility index (Phi) is 8.90. The van der Waals surface area contributed by atoms with Gasteiger partial charge in [0.15, 0.2) is 5.96 Å². The first-order chi connectivity index (χ1) is 10.6. The molecule has 0 bridgehead atoms. The minimum atomic E-state index is 0. The van der Waals surface area contributed by atoms with Crippen LogP contribution < -0.4 is 10.6 Å². The first-order valence-corrected chi connectivity index (χ1v) is 8.22. The van der Waals surface area contributed by atoms with Gasteiger partial charge in [-0.2, -0.15) is 0 Å². The number of aromatic nitrogens is 1. The molecule has 1 atom stereocenters. The number of aliphatic imine (C=N–C) groups is 1. The van der Waals surface area contributed by atoms with Crippen molar-refractivity contribution in [2.45, 2.75) is 40.2 Å². The van der Waals surface area contributed by atoms with Crippen molar-refractivity contribution in [2.24, 2.45) is 10.9 Å². The SMILES string of the molecule is CCN1CCCC(CNC(=NC)NCc2nc(C)c(C)o2)C1.I. The third-order valence-corrected chi connectivity index (χ3v) is 4.31. The Morgan fingerprint density at radius 1 is 1.39 bits per heavy atom. The van der Waals surface area contributed by atoms with Crippen molar-refractivity contribution < 1.29 is 4.42 Å². The molecular weight excluding hydrogens is 405 g/mol. The number of oxazole rings is 1. The quantitative estimate of drug-likeness (QED) is 0.422. The van der Waals surface area contributed by atoms with Gasteiger partial charge in [0.25, 0.3) is 0 Å². The standard InChI is InChI=1S/C16H29N5O.HI/c1-5-21-8-6-7-14(11-21)9-18-16(17-4)19-10-15-20-12(2)13(3)22-15;/h14H,5-11H2,1-4H3,(H2,17,18,19);1H. The maximum absolute atomic E-state index is 5.57. The lowest BCUT2D eigenvalue weighted by Gasteiger charge is -2.32. The fourth-order valence-electron chi connectivity index (χ4n) is 2.84. The Hall–Kier alpha value is -0.830. The molecule has 1 fully saturated rings. The van der Waals surface area contributed by atoms with Gasteiger partial charge in [0.1, 0.15) is 5.76 Å². The van der Waals surface area contributed by atoms with Gasteiger partial charge in [0, 0.05) is 20.1 Å². The van der Waals surface area contributed by atoms with Crippen LogP contribution in [0.2, 0.25) is 0 Å². The van der Waals surface area contributed by atoms with Crippen LogP contribution in [0.4, 0.5) is 0 Å². The first kappa shape index (κ1) is 20.2. The predicted molar refractivity (Wildman–Crippen MR) is 104 cm³/mol. The second-order valence-corrected chi connectivity index (χ2v) is 5.96. The van der Waals surface area contributed by atoms with Gasteiger partial charge < -0.3 is 20.0 Å². The van der Waals surface area contributed by atoms with Crippen molar-refractivity contribution in [3.8, 4) is 0 Å². The highest BCUT2D eigenvalue weighted by atomic mass is 127. The van der Waals surface area contributed by atoms with Crippen LogP contribution in [0.1, 0.15) is 37.1 Å². The summed E-state index contributed by atoms with van der Waals surface area (Å²) in [6.45, 7) is 11.2. The third kappa shape index (κ3) is 6.29. The summed E-state index contributed by atoms with van der Waals surface area (Å²) in [5.41, 5.74) is 0.946. The second kappa shape index (κ2) is 10.1. The lowest BCUT2D eigenvalue weighted by molar-refractivity contribution is 0.183. The topological polar surface area (TPSA) is 65.7 Å². The summed E-state index contributed by atoms with van der Waals surface area (Å²) in [5.74, 6) is 3.08. The Morgan fingerprint density at radius 3 is 2.78 bits per heavy atom. The minimum Gasteiger partial charge on any atom is -0.444 e. The molecule has 2 rings (SSSR count). The van der Waals surface area contributed by atoms with Crippen LogP contribution in [0.5, 0.6) is 0 Å². The fourth-order valence-corrected chi connectivity index (χ4v) is 2.84. The molecule has 1 aliphatic rings. The monoisotopic (exact) mass is 435 g/mol.